The fraction of sp³-hybridized carbons (Fsp3) is 0.783. The quantitative estimate of drug-likeness (QED) is 0.0197. The number of likely N-dealkylation sites (N-methyl/N-ethyl adjacent to an activating group) is 1. The van der Waals surface area contributed by atoms with E-state index >= 15 is 0 Å². The van der Waals surface area contributed by atoms with Crippen LogP contribution in [0.3, 0.4) is 0 Å². The number of rotatable bonds is 41. The Kier molecular flexibility index (Phi) is 37.1. The predicted octanol–water partition coefficient (Wildman–Crippen LogP) is 12.1. The molecule has 0 rings (SSSR count). The van der Waals surface area contributed by atoms with E-state index in [2.05, 4.69) is 50.0 Å². The van der Waals surface area contributed by atoms with Crippen LogP contribution in [0.4, 0.5) is 0 Å². The second-order valence-electron chi connectivity index (χ2n) is 16.1. The van der Waals surface area contributed by atoms with E-state index in [4.69, 9.17) is 18.5 Å². The fourth-order valence-corrected chi connectivity index (χ4v) is 6.67. The number of phosphoric ester groups is 1. The van der Waals surface area contributed by atoms with Gasteiger partial charge in [0, 0.05) is 12.8 Å². The van der Waals surface area contributed by atoms with Gasteiger partial charge in [0.1, 0.15) is 19.8 Å². The molecule has 326 valence electrons. The molecule has 0 aliphatic rings. The highest BCUT2D eigenvalue weighted by atomic mass is 31.2. The van der Waals surface area contributed by atoms with Crippen LogP contribution in [-0.2, 0) is 32.7 Å². The number of nitrogens with zero attached hydrogens (tertiary/aromatic N) is 1. The average Bonchev–Trinajstić information content (AvgIpc) is 3.15. The molecule has 0 aromatic heterocycles. The monoisotopic (exact) mass is 810 g/mol. The van der Waals surface area contributed by atoms with Crippen molar-refractivity contribution in [3.63, 3.8) is 0 Å². The first kappa shape index (κ1) is 54.0. The molecule has 0 bridgehead atoms. The Hall–Kier alpha value is -2.03. The number of ether oxygens (including phenoxy) is 2. The second kappa shape index (κ2) is 38.5. The molecule has 10 heteroatoms. The molecular weight excluding hydrogens is 725 g/mol. The fourth-order valence-electron chi connectivity index (χ4n) is 5.94. The van der Waals surface area contributed by atoms with E-state index in [1.165, 1.54) is 96.3 Å². The molecule has 56 heavy (non-hydrogen) atoms. The second-order valence-corrected chi connectivity index (χ2v) is 17.6. The molecule has 0 spiro atoms. The minimum absolute atomic E-state index is 0.0398. The Balaban J connectivity index is 4.42. The third-order valence-corrected chi connectivity index (χ3v) is 10.4. The van der Waals surface area contributed by atoms with Crippen LogP contribution in [0.5, 0.6) is 0 Å². The number of quaternary nitrogens is 1. The lowest BCUT2D eigenvalue weighted by atomic mass is 10.0. The summed E-state index contributed by atoms with van der Waals surface area (Å²) in [6.07, 6.45) is 43.2. The van der Waals surface area contributed by atoms with Crippen LogP contribution in [0.25, 0.3) is 0 Å². The first-order valence-corrected chi connectivity index (χ1v) is 23.8. The van der Waals surface area contributed by atoms with Gasteiger partial charge in [-0.15, -0.1) is 6.58 Å². The number of carbonyl (C=O) groups excluding carboxylic acids is 2. The Labute approximate surface area is 343 Å². The van der Waals surface area contributed by atoms with Gasteiger partial charge in [0.2, 0.25) is 0 Å². The third-order valence-electron chi connectivity index (χ3n) is 9.47. The molecule has 1 unspecified atom stereocenters. The maximum Gasteiger partial charge on any atom is 0.306 e. The molecule has 0 amide bonds. The van der Waals surface area contributed by atoms with Crippen molar-refractivity contribution in [2.45, 2.75) is 186 Å². The van der Waals surface area contributed by atoms with Crippen molar-refractivity contribution in [1.82, 2.24) is 0 Å². The van der Waals surface area contributed by atoms with Gasteiger partial charge in [0.05, 0.1) is 27.7 Å². The standard InChI is InChI=1S/C46H84NO8P/c1-6-8-10-12-14-16-18-20-22-23-25-26-28-30-32-34-36-38-45(48)52-42-44(43-54-56(50,51)53-41-40-47(3,4)5)55-46(49)39-37-35-33-31-29-27-24-21-19-17-15-13-11-9-7-2/h7,20,22,25-26,30,32,44H,2,6,8-19,21,23-24,27-29,31,33-43H2,1,3-5H3/b22-20+,26-25+,32-30+/t44-/m1/s1. The van der Waals surface area contributed by atoms with Gasteiger partial charge in [0.25, 0.3) is 7.82 Å². The molecule has 0 radical (unpaired) electrons. The van der Waals surface area contributed by atoms with Crippen molar-refractivity contribution < 1.29 is 42.1 Å². The summed E-state index contributed by atoms with van der Waals surface area (Å²) in [4.78, 5) is 37.5. The molecule has 0 saturated carbocycles. The lowest BCUT2D eigenvalue weighted by Crippen LogP contribution is -2.37. The van der Waals surface area contributed by atoms with Gasteiger partial charge in [0.15, 0.2) is 6.10 Å². The molecule has 0 heterocycles. The number of phosphoric acid groups is 1. The van der Waals surface area contributed by atoms with Gasteiger partial charge in [-0.05, 0) is 57.8 Å². The molecule has 0 N–H and O–H groups in total. The lowest BCUT2D eigenvalue weighted by molar-refractivity contribution is -0.870. The SMILES string of the molecule is C=CCCCCCCCCCCCCCCCC(=O)O[C@H](COC(=O)CCC/C=C/C/C=C/C/C=C/CCCCCCCC)COP(=O)([O-])OCC[N+](C)(C)C. The molecular formula is C46H84NO8P. The van der Waals surface area contributed by atoms with Gasteiger partial charge in [-0.1, -0.05) is 152 Å². The van der Waals surface area contributed by atoms with E-state index < -0.39 is 32.5 Å². The zero-order valence-electron chi connectivity index (χ0n) is 36.4. The molecule has 2 atom stereocenters. The number of carbonyl (C=O) groups is 2. The smallest absolute Gasteiger partial charge is 0.306 e. The molecule has 0 aromatic carbocycles. The Bertz CT molecular complexity index is 1080. The van der Waals surface area contributed by atoms with Crippen molar-refractivity contribution in [2.24, 2.45) is 0 Å². The van der Waals surface area contributed by atoms with E-state index in [9.17, 15) is 19.0 Å². The summed E-state index contributed by atoms with van der Waals surface area (Å²) >= 11 is 0. The number of hydrogen-bond acceptors (Lipinski definition) is 8. The highest BCUT2D eigenvalue weighted by Crippen LogP contribution is 2.38. The summed E-state index contributed by atoms with van der Waals surface area (Å²) < 4.78 is 33.8. The van der Waals surface area contributed by atoms with Crippen molar-refractivity contribution in [2.75, 3.05) is 47.5 Å². The third kappa shape index (κ3) is 41.6. The molecule has 0 aliphatic heterocycles. The highest BCUT2D eigenvalue weighted by Gasteiger charge is 2.21. The van der Waals surface area contributed by atoms with Gasteiger partial charge in [-0.25, -0.2) is 0 Å². The van der Waals surface area contributed by atoms with Crippen molar-refractivity contribution in [3.05, 3.63) is 49.1 Å². The normalized spacial score (nSPS) is 13.8. The Morgan fingerprint density at radius 2 is 1.07 bits per heavy atom. The van der Waals surface area contributed by atoms with Crippen LogP contribution < -0.4 is 4.89 Å². The summed E-state index contributed by atoms with van der Waals surface area (Å²) in [6.45, 7) is 5.68. The zero-order chi connectivity index (χ0) is 41.4. The highest BCUT2D eigenvalue weighted by molar-refractivity contribution is 7.45. The van der Waals surface area contributed by atoms with Gasteiger partial charge >= 0.3 is 11.9 Å². The average molecular weight is 810 g/mol. The van der Waals surface area contributed by atoms with Crippen molar-refractivity contribution in [3.8, 4) is 0 Å². The van der Waals surface area contributed by atoms with Crippen LogP contribution in [0.15, 0.2) is 49.1 Å². The van der Waals surface area contributed by atoms with Crippen LogP contribution in [0.2, 0.25) is 0 Å². The number of unbranched alkanes of at least 4 members (excludes halogenated alkanes) is 20. The Morgan fingerprint density at radius 1 is 0.607 bits per heavy atom. The van der Waals surface area contributed by atoms with Crippen LogP contribution in [0, 0.1) is 0 Å². The number of hydrogen-bond donors (Lipinski definition) is 0. The van der Waals surface area contributed by atoms with Crippen LogP contribution in [0.1, 0.15) is 180 Å². The minimum Gasteiger partial charge on any atom is -0.756 e. The summed E-state index contributed by atoms with van der Waals surface area (Å²) in [5.74, 6) is -0.898. The lowest BCUT2D eigenvalue weighted by Gasteiger charge is -2.28. The Morgan fingerprint density at radius 3 is 1.61 bits per heavy atom. The summed E-state index contributed by atoms with van der Waals surface area (Å²) in [7, 11) is 1.13. The maximum absolute atomic E-state index is 12.7. The van der Waals surface area contributed by atoms with Gasteiger partial charge in [-0.3, -0.25) is 14.2 Å². The number of esters is 2. The van der Waals surface area contributed by atoms with Crippen molar-refractivity contribution in [1.29, 1.82) is 0 Å². The maximum atomic E-state index is 12.7. The van der Waals surface area contributed by atoms with E-state index in [0.717, 1.165) is 51.4 Å². The molecule has 0 aromatic rings. The van der Waals surface area contributed by atoms with Crippen molar-refractivity contribution >= 4 is 19.8 Å². The largest absolute Gasteiger partial charge is 0.756 e. The van der Waals surface area contributed by atoms with Gasteiger partial charge < -0.3 is 27.9 Å². The predicted molar refractivity (Wildman–Crippen MR) is 231 cm³/mol. The topological polar surface area (TPSA) is 111 Å². The number of allylic oxidation sites excluding steroid dienone is 7. The molecule has 9 nitrogen and oxygen atoms in total. The summed E-state index contributed by atoms with van der Waals surface area (Å²) in [5, 5.41) is 0. The first-order valence-electron chi connectivity index (χ1n) is 22.3. The zero-order valence-corrected chi connectivity index (χ0v) is 37.3. The molecule has 0 saturated heterocycles. The van der Waals surface area contributed by atoms with Crippen LogP contribution in [-0.4, -0.2) is 70.0 Å². The van der Waals surface area contributed by atoms with E-state index in [1.807, 2.05) is 27.2 Å². The minimum atomic E-state index is -4.64. The van der Waals surface area contributed by atoms with Gasteiger partial charge in [-0.2, -0.15) is 0 Å². The molecule has 0 fully saturated rings. The van der Waals surface area contributed by atoms with Crippen LogP contribution >= 0.6 is 7.82 Å². The summed E-state index contributed by atoms with van der Waals surface area (Å²) in [6, 6.07) is 0. The van der Waals surface area contributed by atoms with E-state index in [1.54, 1.807) is 0 Å². The van der Waals surface area contributed by atoms with E-state index in [0.29, 0.717) is 23.9 Å². The molecule has 0 aliphatic carbocycles. The van der Waals surface area contributed by atoms with E-state index in [-0.39, 0.29) is 26.1 Å². The summed E-state index contributed by atoms with van der Waals surface area (Å²) in [5.41, 5.74) is 0. The first-order chi connectivity index (χ1) is 27.0.